The van der Waals surface area contributed by atoms with E-state index >= 15 is 0 Å². The summed E-state index contributed by atoms with van der Waals surface area (Å²) in [6.45, 7) is 7.35. The molecular formula is C11H16O. The second kappa shape index (κ2) is 3.72. The van der Waals surface area contributed by atoms with E-state index in [9.17, 15) is 5.11 Å². The fourth-order valence-electron chi connectivity index (χ4n) is 1.72. The Bertz CT molecular complexity index is 215. The minimum atomic E-state index is -0.679. The van der Waals surface area contributed by atoms with Gasteiger partial charge in [-0.25, -0.2) is 0 Å². The molecule has 12 heavy (non-hydrogen) atoms. The molecule has 0 saturated heterocycles. The Morgan fingerprint density at radius 3 is 2.92 bits per heavy atom. The van der Waals surface area contributed by atoms with Crippen molar-refractivity contribution >= 4 is 0 Å². The van der Waals surface area contributed by atoms with Crippen LogP contribution in [0.4, 0.5) is 0 Å². The summed E-state index contributed by atoms with van der Waals surface area (Å²) in [7, 11) is 0. The van der Waals surface area contributed by atoms with Crippen molar-refractivity contribution in [3.63, 3.8) is 0 Å². The number of hydrogen-bond acceptors (Lipinski definition) is 1. The Hall–Kier alpha value is -0.820. The summed E-state index contributed by atoms with van der Waals surface area (Å²) in [5.74, 6) is 0. The molecule has 0 aromatic heterocycles. The van der Waals surface area contributed by atoms with Crippen molar-refractivity contribution in [3.05, 3.63) is 37.0 Å². The third-order valence-corrected chi connectivity index (χ3v) is 2.40. The quantitative estimate of drug-likeness (QED) is 0.636. The van der Waals surface area contributed by atoms with E-state index < -0.39 is 5.60 Å². The van der Waals surface area contributed by atoms with Gasteiger partial charge in [-0.3, -0.25) is 0 Å². The molecular weight excluding hydrogens is 148 g/mol. The van der Waals surface area contributed by atoms with Crippen LogP contribution in [0.1, 0.15) is 25.7 Å². The van der Waals surface area contributed by atoms with Crippen LogP contribution in [-0.2, 0) is 0 Å². The number of aliphatic hydroxyl groups is 1. The van der Waals surface area contributed by atoms with Gasteiger partial charge in [-0.05, 0) is 31.3 Å². The Morgan fingerprint density at radius 1 is 1.58 bits per heavy atom. The van der Waals surface area contributed by atoms with Gasteiger partial charge in [-0.15, -0.1) is 6.58 Å². The standard InChI is InChI=1S/C11H16O/c1-3-8-11(12)9-6-5-7-10(11)4-2/h3-4,7,12H,1-2,5-6,8-9H2/t11-/m1/s1. The fraction of sp³-hybridized carbons (Fsp3) is 0.455. The molecule has 0 aromatic carbocycles. The van der Waals surface area contributed by atoms with E-state index in [-0.39, 0.29) is 0 Å². The highest BCUT2D eigenvalue weighted by Gasteiger charge is 2.29. The van der Waals surface area contributed by atoms with Gasteiger partial charge in [0.25, 0.3) is 0 Å². The highest BCUT2D eigenvalue weighted by molar-refractivity contribution is 5.30. The molecule has 0 bridgehead atoms. The predicted molar refractivity (Wildman–Crippen MR) is 51.9 cm³/mol. The lowest BCUT2D eigenvalue weighted by Gasteiger charge is -2.31. The van der Waals surface area contributed by atoms with Gasteiger partial charge in [-0.1, -0.05) is 24.8 Å². The Labute approximate surface area is 74.1 Å². The molecule has 0 aromatic rings. The summed E-state index contributed by atoms with van der Waals surface area (Å²) in [6.07, 6.45) is 9.16. The van der Waals surface area contributed by atoms with Crippen molar-refractivity contribution in [2.75, 3.05) is 0 Å². The van der Waals surface area contributed by atoms with Crippen LogP contribution in [0.3, 0.4) is 0 Å². The average molecular weight is 164 g/mol. The zero-order valence-corrected chi connectivity index (χ0v) is 7.42. The first kappa shape index (κ1) is 9.27. The summed E-state index contributed by atoms with van der Waals surface area (Å²) in [5.41, 5.74) is 0.288. The summed E-state index contributed by atoms with van der Waals surface area (Å²) in [4.78, 5) is 0. The van der Waals surface area contributed by atoms with Crippen LogP contribution in [0, 0.1) is 0 Å². The molecule has 0 amide bonds. The lowest BCUT2D eigenvalue weighted by Crippen LogP contribution is -2.31. The molecule has 1 heteroatoms. The second-order valence-corrected chi connectivity index (χ2v) is 3.28. The third-order valence-electron chi connectivity index (χ3n) is 2.40. The monoisotopic (exact) mass is 164 g/mol. The average Bonchev–Trinajstić information content (AvgIpc) is 2.05. The molecule has 0 unspecified atom stereocenters. The van der Waals surface area contributed by atoms with Crippen LogP contribution in [-0.4, -0.2) is 10.7 Å². The normalized spacial score (nSPS) is 29.2. The maximum atomic E-state index is 10.1. The van der Waals surface area contributed by atoms with Crippen LogP contribution in [0.5, 0.6) is 0 Å². The van der Waals surface area contributed by atoms with Crippen LogP contribution >= 0.6 is 0 Å². The second-order valence-electron chi connectivity index (χ2n) is 3.28. The third kappa shape index (κ3) is 1.67. The van der Waals surface area contributed by atoms with Gasteiger partial charge in [0.15, 0.2) is 0 Å². The van der Waals surface area contributed by atoms with Crippen LogP contribution in [0.15, 0.2) is 37.0 Å². The smallest absolute Gasteiger partial charge is 0.0927 e. The van der Waals surface area contributed by atoms with E-state index in [4.69, 9.17) is 0 Å². The van der Waals surface area contributed by atoms with Crippen molar-refractivity contribution < 1.29 is 5.11 Å². The molecule has 0 spiro atoms. The molecule has 1 atom stereocenters. The van der Waals surface area contributed by atoms with E-state index in [2.05, 4.69) is 19.2 Å². The Morgan fingerprint density at radius 2 is 2.33 bits per heavy atom. The van der Waals surface area contributed by atoms with Crippen molar-refractivity contribution in [2.24, 2.45) is 0 Å². The number of hydrogen-bond donors (Lipinski definition) is 1. The Balaban J connectivity index is 2.84. The molecule has 1 N–H and O–H groups in total. The molecule has 66 valence electrons. The predicted octanol–water partition coefficient (Wildman–Crippen LogP) is 2.59. The van der Waals surface area contributed by atoms with Crippen molar-refractivity contribution in [1.29, 1.82) is 0 Å². The zero-order chi connectivity index (χ0) is 9.03. The minimum absolute atomic E-state index is 0.630. The number of rotatable bonds is 3. The SMILES string of the molecule is C=CC[C@@]1(O)CCCC=C1C=C. The summed E-state index contributed by atoms with van der Waals surface area (Å²) >= 11 is 0. The van der Waals surface area contributed by atoms with Crippen LogP contribution in [0.25, 0.3) is 0 Å². The topological polar surface area (TPSA) is 20.2 Å². The summed E-state index contributed by atoms with van der Waals surface area (Å²) in [6, 6.07) is 0. The minimum Gasteiger partial charge on any atom is -0.385 e. The molecule has 1 aliphatic carbocycles. The lowest BCUT2D eigenvalue weighted by molar-refractivity contribution is 0.0686. The molecule has 0 heterocycles. The van der Waals surface area contributed by atoms with Gasteiger partial charge in [0.05, 0.1) is 5.60 Å². The first-order valence-corrected chi connectivity index (χ1v) is 4.39. The first-order valence-electron chi connectivity index (χ1n) is 4.39. The highest BCUT2D eigenvalue weighted by atomic mass is 16.3. The maximum Gasteiger partial charge on any atom is 0.0927 e. The van der Waals surface area contributed by atoms with Crippen molar-refractivity contribution in [2.45, 2.75) is 31.3 Å². The van der Waals surface area contributed by atoms with Gasteiger partial charge < -0.3 is 5.11 Å². The largest absolute Gasteiger partial charge is 0.385 e. The van der Waals surface area contributed by atoms with Gasteiger partial charge in [0.1, 0.15) is 0 Å². The van der Waals surface area contributed by atoms with Crippen molar-refractivity contribution in [1.82, 2.24) is 0 Å². The molecule has 0 fully saturated rings. The van der Waals surface area contributed by atoms with Gasteiger partial charge >= 0.3 is 0 Å². The molecule has 0 saturated carbocycles. The van der Waals surface area contributed by atoms with Gasteiger partial charge in [-0.2, -0.15) is 0 Å². The van der Waals surface area contributed by atoms with Crippen LogP contribution in [0.2, 0.25) is 0 Å². The van der Waals surface area contributed by atoms with E-state index in [0.717, 1.165) is 24.8 Å². The number of allylic oxidation sites excluding steroid dienone is 1. The van der Waals surface area contributed by atoms with E-state index in [1.54, 1.807) is 12.2 Å². The maximum absolute atomic E-state index is 10.1. The fourth-order valence-corrected chi connectivity index (χ4v) is 1.72. The molecule has 0 aliphatic heterocycles. The molecule has 1 nitrogen and oxygen atoms in total. The summed E-state index contributed by atoms with van der Waals surface area (Å²) < 4.78 is 0. The highest BCUT2D eigenvalue weighted by Crippen LogP contribution is 2.32. The van der Waals surface area contributed by atoms with Gasteiger partial charge in [0, 0.05) is 0 Å². The molecule has 1 rings (SSSR count). The van der Waals surface area contributed by atoms with E-state index in [1.165, 1.54) is 0 Å². The van der Waals surface area contributed by atoms with E-state index in [0.29, 0.717) is 6.42 Å². The van der Waals surface area contributed by atoms with E-state index in [1.807, 2.05) is 0 Å². The van der Waals surface area contributed by atoms with Gasteiger partial charge in [0.2, 0.25) is 0 Å². The molecule has 1 aliphatic rings. The Kier molecular flexibility index (Phi) is 2.88. The summed E-state index contributed by atoms with van der Waals surface area (Å²) in [5, 5.41) is 10.1. The first-order chi connectivity index (χ1) is 5.73. The lowest BCUT2D eigenvalue weighted by atomic mass is 9.81. The van der Waals surface area contributed by atoms with Crippen LogP contribution < -0.4 is 0 Å². The zero-order valence-electron chi connectivity index (χ0n) is 7.42. The van der Waals surface area contributed by atoms with Crippen molar-refractivity contribution in [3.8, 4) is 0 Å². The molecule has 0 radical (unpaired) electrons.